The zero-order chi connectivity index (χ0) is 24.9. The molecule has 0 N–H and O–H groups in total. The number of halogens is 4. The summed E-state index contributed by atoms with van der Waals surface area (Å²) < 4.78 is 54.3. The number of piperidine rings is 1. The Hall–Kier alpha value is -3.77. The van der Waals surface area contributed by atoms with E-state index in [9.17, 15) is 22.4 Å². The summed E-state index contributed by atoms with van der Waals surface area (Å²) in [6, 6.07) is 4.55. The second-order valence-electron chi connectivity index (χ2n) is 8.80. The minimum atomic E-state index is -4.61. The van der Waals surface area contributed by atoms with Crippen molar-refractivity contribution >= 4 is 17.7 Å². The lowest BCUT2D eigenvalue weighted by Crippen LogP contribution is -2.65. The van der Waals surface area contributed by atoms with Gasteiger partial charge in [-0.15, -0.1) is 0 Å². The molecule has 1 amide bonds. The summed E-state index contributed by atoms with van der Waals surface area (Å²) in [6.45, 7) is 1.33. The molecule has 5 rings (SSSR count). The number of benzene rings is 1. The molecule has 0 bridgehead atoms. The minimum Gasteiger partial charge on any atom is -0.351 e. The maximum atomic E-state index is 13.9. The van der Waals surface area contributed by atoms with Gasteiger partial charge in [-0.3, -0.25) is 4.79 Å². The molecule has 2 aliphatic heterocycles. The first-order chi connectivity index (χ1) is 16.6. The van der Waals surface area contributed by atoms with Crippen molar-refractivity contribution in [1.82, 2.24) is 29.9 Å². The highest BCUT2D eigenvalue weighted by molar-refractivity contribution is 5.97. The average molecular weight is 490 g/mol. The SMILES string of the molecule is CN(C)c1nc(N2CC3CCN(C(=O)c4ccc(F)cc4-n4nccn4)CC32)cc(C(F)(F)F)n1. The molecular formula is C22H22F4N8O. The molecule has 2 atom stereocenters. The molecule has 9 nitrogen and oxygen atoms in total. The van der Waals surface area contributed by atoms with Crippen molar-refractivity contribution in [2.75, 3.05) is 43.5 Å². The number of hydrogen-bond acceptors (Lipinski definition) is 7. The van der Waals surface area contributed by atoms with Gasteiger partial charge in [0.25, 0.3) is 5.91 Å². The summed E-state index contributed by atoms with van der Waals surface area (Å²) in [5.74, 6) is -0.486. The Labute approximate surface area is 198 Å². The van der Waals surface area contributed by atoms with Crippen LogP contribution >= 0.6 is 0 Å². The normalized spacial score (nSPS) is 19.8. The molecule has 2 fully saturated rings. The Morgan fingerprint density at radius 2 is 1.83 bits per heavy atom. The van der Waals surface area contributed by atoms with Gasteiger partial charge in [-0.25, -0.2) is 9.37 Å². The molecule has 2 saturated heterocycles. The van der Waals surface area contributed by atoms with Crippen LogP contribution in [0.5, 0.6) is 0 Å². The third kappa shape index (κ3) is 4.26. The highest BCUT2D eigenvalue weighted by Crippen LogP contribution is 2.39. The predicted molar refractivity (Wildman–Crippen MR) is 118 cm³/mol. The van der Waals surface area contributed by atoms with Gasteiger partial charge in [-0.2, -0.15) is 33.1 Å². The van der Waals surface area contributed by atoms with Crippen molar-refractivity contribution in [3.05, 3.63) is 53.7 Å². The fourth-order valence-corrected chi connectivity index (χ4v) is 4.52. The molecule has 13 heteroatoms. The quantitative estimate of drug-likeness (QED) is 0.520. The molecule has 2 aromatic heterocycles. The van der Waals surface area contributed by atoms with Crippen LogP contribution in [0.1, 0.15) is 22.5 Å². The van der Waals surface area contributed by atoms with Crippen molar-refractivity contribution in [3.8, 4) is 5.69 Å². The third-order valence-corrected chi connectivity index (χ3v) is 6.35. The summed E-state index contributed by atoms with van der Waals surface area (Å²) in [6.07, 6.45) is -1.06. The molecule has 35 heavy (non-hydrogen) atoms. The highest BCUT2D eigenvalue weighted by atomic mass is 19.4. The number of aromatic nitrogens is 5. The van der Waals surface area contributed by atoms with E-state index in [0.29, 0.717) is 26.1 Å². The van der Waals surface area contributed by atoms with Gasteiger partial charge in [-0.05, 0) is 18.6 Å². The number of rotatable bonds is 4. The Morgan fingerprint density at radius 3 is 2.51 bits per heavy atom. The Balaban J connectivity index is 1.41. The van der Waals surface area contributed by atoms with Crippen molar-refractivity contribution in [1.29, 1.82) is 0 Å². The molecule has 1 aromatic carbocycles. The van der Waals surface area contributed by atoms with E-state index in [1.54, 1.807) is 23.9 Å². The monoisotopic (exact) mass is 490 g/mol. The molecule has 3 aromatic rings. The van der Waals surface area contributed by atoms with Crippen LogP contribution in [0.15, 0.2) is 36.7 Å². The molecule has 2 aliphatic rings. The second-order valence-corrected chi connectivity index (χ2v) is 8.80. The number of fused-ring (bicyclic) bond motifs is 1. The van der Waals surface area contributed by atoms with Crippen molar-refractivity contribution < 1.29 is 22.4 Å². The van der Waals surface area contributed by atoms with Gasteiger partial charge in [0.15, 0.2) is 5.69 Å². The van der Waals surface area contributed by atoms with Gasteiger partial charge in [0.05, 0.1) is 24.0 Å². The summed E-state index contributed by atoms with van der Waals surface area (Å²) in [4.78, 5) is 27.4. The minimum absolute atomic E-state index is 0.0373. The number of alkyl halides is 3. The fraction of sp³-hybridized carbons (Fsp3) is 0.409. The number of anilines is 2. The predicted octanol–water partition coefficient (Wildman–Crippen LogP) is 2.63. The smallest absolute Gasteiger partial charge is 0.351 e. The molecule has 184 valence electrons. The van der Waals surface area contributed by atoms with Crippen molar-refractivity contribution in [3.63, 3.8) is 0 Å². The lowest BCUT2D eigenvalue weighted by molar-refractivity contribution is -0.141. The van der Waals surface area contributed by atoms with Gasteiger partial charge in [0.1, 0.15) is 17.3 Å². The summed E-state index contributed by atoms with van der Waals surface area (Å²) >= 11 is 0. The molecular weight excluding hydrogens is 468 g/mol. The van der Waals surface area contributed by atoms with E-state index in [-0.39, 0.29) is 40.9 Å². The maximum Gasteiger partial charge on any atom is 0.433 e. The van der Waals surface area contributed by atoms with Crippen molar-refractivity contribution in [2.24, 2.45) is 5.92 Å². The van der Waals surface area contributed by atoms with Crippen LogP contribution in [0.2, 0.25) is 0 Å². The van der Waals surface area contributed by atoms with Gasteiger partial charge in [0, 0.05) is 51.8 Å². The standard InChI is InChI=1S/C22H22F4N8O/c1-31(2)21-29-18(22(24,25)26)10-19(30-21)33-11-13-5-8-32(12-17(13)33)20(35)15-4-3-14(23)9-16(15)34-27-6-7-28-34/h3-4,6-7,9-10,13,17H,5,8,11-12H2,1-2H3. The number of likely N-dealkylation sites (tertiary alicyclic amines) is 1. The largest absolute Gasteiger partial charge is 0.433 e. The Bertz CT molecular complexity index is 1250. The summed E-state index contributed by atoms with van der Waals surface area (Å²) in [7, 11) is 3.15. The Kier molecular flexibility index (Phi) is 5.56. The van der Waals surface area contributed by atoms with E-state index in [0.717, 1.165) is 6.07 Å². The van der Waals surface area contributed by atoms with Crippen LogP contribution in [0.4, 0.5) is 29.3 Å². The third-order valence-electron chi connectivity index (χ3n) is 6.35. The van der Waals surface area contributed by atoms with Gasteiger partial charge in [0.2, 0.25) is 5.95 Å². The van der Waals surface area contributed by atoms with E-state index in [2.05, 4.69) is 20.2 Å². The van der Waals surface area contributed by atoms with E-state index in [1.807, 2.05) is 0 Å². The van der Waals surface area contributed by atoms with Crippen LogP contribution in [0.25, 0.3) is 5.69 Å². The highest BCUT2D eigenvalue weighted by Gasteiger charge is 2.45. The number of amides is 1. The lowest BCUT2D eigenvalue weighted by Gasteiger charge is -2.54. The van der Waals surface area contributed by atoms with Gasteiger partial charge >= 0.3 is 6.18 Å². The molecule has 0 radical (unpaired) electrons. The number of nitrogens with zero attached hydrogens (tertiary/aromatic N) is 8. The fourth-order valence-electron chi connectivity index (χ4n) is 4.52. The molecule has 0 saturated carbocycles. The number of hydrogen-bond donors (Lipinski definition) is 0. The molecule has 0 spiro atoms. The molecule has 4 heterocycles. The van der Waals surface area contributed by atoms with Crippen LogP contribution in [-0.4, -0.2) is 75.5 Å². The number of carbonyl (C=O) groups excluding carboxylic acids is 1. The van der Waals surface area contributed by atoms with Crippen LogP contribution in [0, 0.1) is 11.7 Å². The van der Waals surface area contributed by atoms with Crippen LogP contribution < -0.4 is 9.80 Å². The summed E-state index contributed by atoms with van der Waals surface area (Å²) in [5.41, 5.74) is -0.557. The topological polar surface area (TPSA) is 83.3 Å². The van der Waals surface area contributed by atoms with Gasteiger partial charge < -0.3 is 14.7 Å². The molecule has 2 unspecified atom stereocenters. The zero-order valence-electron chi connectivity index (χ0n) is 18.9. The van der Waals surface area contributed by atoms with E-state index in [1.165, 1.54) is 40.3 Å². The van der Waals surface area contributed by atoms with E-state index < -0.39 is 17.7 Å². The zero-order valence-corrected chi connectivity index (χ0v) is 18.9. The first-order valence-corrected chi connectivity index (χ1v) is 11.0. The second kappa shape index (κ2) is 8.47. The number of carbonyl (C=O) groups is 1. The first-order valence-electron chi connectivity index (χ1n) is 11.0. The maximum absolute atomic E-state index is 13.9. The van der Waals surface area contributed by atoms with Crippen LogP contribution in [0.3, 0.4) is 0 Å². The molecule has 0 aliphatic carbocycles. The van der Waals surface area contributed by atoms with Crippen molar-refractivity contribution in [2.45, 2.75) is 18.6 Å². The first kappa shape index (κ1) is 23.0. The summed E-state index contributed by atoms with van der Waals surface area (Å²) in [5, 5.41) is 8.01. The average Bonchev–Trinajstić information content (AvgIpc) is 3.33. The van der Waals surface area contributed by atoms with Crippen LogP contribution in [-0.2, 0) is 6.18 Å². The Morgan fingerprint density at radius 1 is 1.09 bits per heavy atom. The lowest BCUT2D eigenvalue weighted by atomic mass is 9.82. The van der Waals surface area contributed by atoms with E-state index in [4.69, 9.17) is 0 Å². The van der Waals surface area contributed by atoms with E-state index >= 15 is 0 Å². The van der Waals surface area contributed by atoms with Gasteiger partial charge in [-0.1, -0.05) is 0 Å².